The SMILES string of the molecule is CC(=NC(O)c1cn[nH]c1)c1ccc(OC2CCN(c3ccc(OCC4CC4)cc3)C2)cc1. The fraction of sp³-hybridized carbons (Fsp3) is 0.385. The molecular weight excluding hydrogens is 416 g/mol. The molecule has 2 N–H and O–H groups in total. The highest BCUT2D eigenvalue weighted by Crippen LogP contribution is 2.30. The van der Waals surface area contributed by atoms with Crippen molar-refractivity contribution in [2.45, 2.75) is 38.5 Å². The molecule has 7 nitrogen and oxygen atoms in total. The maximum Gasteiger partial charge on any atom is 0.174 e. The molecule has 0 bridgehead atoms. The molecule has 2 aromatic carbocycles. The molecule has 7 heteroatoms. The van der Waals surface area contributed by atoms with Crippen molar-refractivity contribution < 1.29 is 14.6 Å². The van der Waals surface area contributed by atoms with Crippen molar-refractivity contribution in [3.8, 4) is 11.5 Å². The Balaban J connectivity index is 1.13. The van der Waals surface area contributed by atoms with Crippen LogP contribution >= 0.6 is 0 Å². The normalized spacial score (nSPS) is 19.5. The van der Waals surface area contributed by atoms with Crippen LogP contribution < -0.4 is 14.4 Å². The van der Waals surface area contributed by atoms with Crippen LogP contribution in [0, 0.1) is 5.92 Å². The fourth-order valence-corrected chi connectivity index (χ4v) is 4.01. The van der Waals surface area contributed by atoms with Crippen LogP contribution in [0.15, 0.2) is 65.9 Å². The minimum atomic E-state index is -0.928. The Morgan fingerprint density at radius 3 is 2.58 bits per heavy atom. The summed E-state index contributed by atoms with van der Waals surface area (Å²) in [6, 6.07) is 16.3. The number of nitrogens with one attached hydrogen (secondary N) is 1. The van der Waals surface area contributed by atoms with Gasteiger partial charge in [-0.05, 0) is 79.8 Å². The molecule has 2 unspecified atom stereocenters. The van der Waals surface area contributed by atoms with E-state index in [-0.39, 0.29) is 6.10 Å². The van der Waals surface area contributed by atoms with Gasteiger partial charge >= 0.3 is 0 Å². The predicted octanol–water partition coefficient (Wildman–Crippen LogP) is 4.36. The summed E-state index contributed by atoms with van der Waals surface area (Å²) < 4.78 is 12.1. The summed E-state index contributed by atoms with van der Waals surface area (Å²) in [5.74, 6) is 2.56. The minimum absolute atomic E-state index is 0.152. The number of H-pyrrole nitrogens is 1. The van der Waals surface area contributed by atoms with Crippen LogP contribution in [0.2, 0.25) is 0 Å². The number of hydrogen-bond donors (Lipinski definition) is 2. The first-order valence-corrected chi connectivity index (χ1v) is 11.6. The van der Waals surface area contributed by atoms with Gasteiger partial charge in [-0.2, -0.15) is 5.10 Å². The molecule has 1 aromatic heterocycles. The van der Waals surface area contributed by atoms with E-state index in [9.17, 15) is 5.11 Å². The lowest BCUT2D eigenvalue weighted by molar-refractivity contribution is 0.189. The molecule has 33 heavy (non-hydrogen) atoms. The van der Waals surface area contributed by atoms with Crippen LogP contribution in [-0.2, 0) is 0 Å². The molecular formula is C26H30N4O3. The summed E-state index contributed by atoms with van der Waals surface area (Å²) in [6.07, 6.45) is 6.03. The first-order valence-electron chi connectivity index (χ1n) is 11.6. The number of anilines is 1. The second-order valence-electron chi connectivity index (χ2n) is 8.87. The van der Waals surface area contributed by atoms with Gasteiger partial charge in [0.05, 0.1) is 19.3 Å². The average molecular weight is 447 g/mol. The Labute approximate surface area is 194 Å². The molecule has 1 aliphatic heterocycles. The zero-order valence-electron chi connectivity index (χ0n) is 18.9. The highest BCUT2D eigenvalue weighted by molar-refractivity contribution is 5.98. The van der Waals surface area contributed by atoms with Crippen LogP contribution in [0.4, 0.5) is 5.69 Å². The number of aromatic amines is 1. The Morgan fingerprint density at radius 1 is 1.12 bits per heavy atom. The molecule has 5 rings (SSSR count). The molecule has 0 amide bonds. The zero-order chi connectivity index (χ0) is 22.6. The summed E-state index contributed by atoms with van der Waals surface area (Å²) in [6.45, 7) is 4.56. The van der Waals surface area contributed by atoms with Crippen molar-refractivity contribution in [1.29, 1.82) is 0 Å². The summed E-state index contributed by atoms with van der Waals surface area (Å²) in [4.78, 5) is 6.71. The molecule has 2 aliphatic rings. The number of aliphatic hydroxyl groups excluding tert-OH is 1. The van der Waals surface area contributed by atoms with Gasteiger partial charge in [0, 0.05) is 36.1 Å². The van der Waals surface area contributed by atoms with Gasteiger partial charge in [-0.1, -0.05) is 0 Å². The van der Waals surface area contributed by atoms with Gasteiger partial charge in [-0.25, -0.2) is 0 Å². The Kier molecular flexibility index (Phi) is 6.30. The van der Waals surface area contributed by atoms with Crippen molar-refractivity contribution in [2.24, 2.45) is 10.9 Å². The Bertz CT molecular complexity index is 1060. The molecule has 172 valence electrons. The largest absolute Gasteiger partial charge is 0.493 e. The summed E-state index contributed by atoms with van der Waals surface area (Å²) in [5.41, 5.74) is 3.55. The van der Waals surface area contributed by atoms with Crippen molar-refractivity contribution >= 4 is 11.4 Å². The van der Waals surface area contributed by atoms with Crippen molar-refractivity contribution in [1.82, 2.24) is 10.2 Å². The van der Waals surface area contributed by atoms with Crippen LogP contribution in [0.5, 0.6) is 11.5 Å². The van der Waals surface area contributed by atoms with E-state index in [0.717, 1.165) is 54.8 Å². The van der Waals surface area contributed by atoms with Crippen molar-refractivity contribution in [2.75, 3.05) is 24.6 Å². The van der Waals surface area contributed by atoms with Crippen LogP contribution in [0.1, 0.15) is 43.5 Å². The second kappa shape index (κ2) is 9.67. The minimum Gasteiger partial charge on any atom is -0.493 e. The monoisotopic (exact) mass is 446 g/mol. The van der Waals surface area contributed by atoms with E-state index in [1.807, 2.05) is 31.2 Å². The van der Waals surface area contributed by atoms with Crippen LogP contribution in [0.3, 0.4) is 0 Å². The Hall–Kier alpha value is -3.32. The molecule has 2 fully saturated rings. The maximum atomic E-state index is 10.2. The van der Waals surface area contributed by atoms with E-state index in [1.54, 1.807) is 12.4 Å². The fourth-order valence-electron chi connectivity index (χ4n) is 4.01. The number of benzene rings is 2. The van der Waals surface area contributed by atoms with E-state index in [4.69, 9.17) is 9.47 Å². The average Bonchev–Trinajstić information content (AvgIpc) is 3.29. The summed E-state index contributed by atoms with van der Waals surface area (Å²) in [5, 5.41) is 16.7. The molecule has 1 saturated heterocycles. The first kappa shape index (κ1) is 21.5. The Morgan fingerprint density at radius 2 is 1.88 bits per heavy atom. The lowest BCUT2D eigenvalue weighted by Gasteiger charge is -2.19. The molecule has 0 spiro atoms. The van der Waals surface area contributed by atoms with E-state index >= 15 is 0 Å². The predicted molar refractivity (Wildman–Crippen MR) is 128 cm³/mol. The van der Waals surface area contributed by atoms with Gasteiger partial charge in [0.1, 0.15) is 17.6 Å². The quantitative estimate of drug-likeness (QED) is 0.478. The van der Waals surface area contributed by atoms with Crippen molar-refractivity contribution in [3.63, 3.8) is 0 Å². The number of aromatic nitrogens is 2. The van der Waals surface area contributed by atoms with Gasteiger partial charge < -0.3 is 19.5 Å². The number of rotatable bonds is 9. The van der Waals surface area contributed by atoms with E-state index in [2.05, 4.69) is 44.4 Å². The smallest absolute Gasteiger partial charge is 0.174 e. The standard InChI is InChI=1S/C26H30N4O3/c1-18(29-26(31)21-14-27-28-15-21)20-4-8-24(9-5-20)33-25-12-13-30(16-25)22-6-10-23(11-7-22)32-17-19-2-3-19/h4-11,14-15,19,25-26,31H,2-3,12-13,16-17H2,1H3,(H,27,28). The molecule has 1 aliphatic carbocycles. The molecule has 2 atom stereocenters. The third-order valence-electron chi connectivity index (χ3n) is 6.24. The number of aliphatic imine (C=N–C) groups is 1. The summed E-state index contributed by atoms with van der Waals surface area (Å²) >= 11 is 0. The zero-order valence-corrected chi connectivity index (χ0v) is 18.9. The van der Waals surface area contributed by atoms with Gasteiger partial charge in [-0.15, -0.1) is 0 Å². The lowest BCUT2D eigenvalue weighted by Crippen LogP contribution is -2.24. The third-order valence-corrected chi connectivity index (χ3v) is 6.24. The van der Waals surface area contributed by atoms with Crippen molar-refractivity contribution in [3.05, 3.63) is 72.1 Å². The molecule has 1 saturated carbocycles. The molecule has 2 heterocycles. The van der Waals surface area contributed by atoms with E-state index in [1.165, 1.54) is 18.5 Å². The molecule has 0 radical (unpaired) electrons. The highest BCUT2D eigenvalue weighted by Gasteiger charge is 2.25. The topological polar surface area (TPSA) is 83.0 Å². The first-order chi connectivity index (χ1) is 16.1. The van der Waals surface area contributed by atoms with Gasteiger partial charge in [-0.3, -0.25) is 10.1 Å². The third kappa shape index (κ3) is 5.54. The van der Waals surface area contributed by atoms with Gasteiger partial charge in [0.2, 0.25) is 0 Å². The van der Waals surface area contributed by atoms with Crippen LogP contribution in [-0.4, -0.2) is 46.8 Å². The van der Waals surface area contributed by atoms with Crippen LogP contribution in [0.25, 0.3) is 0 Å². The lowest BCUT2D eigenvalue weighted by atomic mass is 10.1. The maximum absolute atomic E-state index is 10.2. The van der Waals surface area contributed by atoms with Gasteiger partial charge in [0.15, 0.2) is 6.23 Å². The highest BCUT2D eigenvalue weighted by atomic mass is 16.5. The number of aliphatic hydroxyl groups is 1. The molecule has 3 aromatic rings. The number of ether oxygens (including phenoxy) is 2. The van der Waals surface area contributed by atoms with E-state index in [0.29, 0.717) is 5.56 Å². The van der Waals surface area contributed by atoms with Gasteiger partial charge in [0.25, 0.3) is 0 Å². The van der Waals surface area contributed by atoms with E-state index < -0.39 is 6.23 Å². The number of nitrogens with zero attached hydrogens (tertiary/aromatic N) is 3. The second-order valence-corrected chi connectivity index (χ2v) is 8.87. The summed E-state index contributed by atoms with van der Waals surface area (Å²) in [7, 11) is 0. The number of hydrogen-bond acceptors (Lipinski definition) is 6.